The van der Waals surface area contributed by atoms with Crippen molar-refractivity contribution >= 4 is 13.9 Å². The summed E-state index contributed by atoms with van der Waals surface area (Å²) in [4.78, 5) is 11.5. The van der Waals surface area contributed by atoms with Gasteiger partial charge >= 0.3 is 0 Å². The van der Waals surface area contributed by atoms with Crippen LogP contribution in [0.25, 0.3) is 0 Å². The lowest BCUT2D eigenvalue weighted by Crippen LogP contribution is -2.28. The van der Waals surface area contributed by atoms with E-state index < -0.39 is 8.07 Å². The average Bonchev–Trinajstić information content (AvgIpc) is 2.03. The Morgan fingerprint density at radius 1 is 1.07 bits per heavy atom. The van der Waals surface area contributed by atoms with Gasteiger partial charge in [-0.15, -0.1) is 0 Å². The van der Waals surface area contributed by atoms with E-state index in [4.69, 9.17) is 0 Å². The number of hydrogen-bond acceptors (Lipinski definition) is 1. The monoisotopic (exact) mass is 214 g/mol. The lowest BCUT2D eigenvalue weighted by molar-refractivity contribution is -0.117. The largest absolute Gasteiger partial charge is 0.300 e. The Hall–Kier alpha value is -0.113. The van der Waals surface area contributed by atoms with E-state index in [1.807, 2.05) is 0 Å². The van der Waals surface area contributed by atoms with Crippen LogP contribution in [0.1, 0.15) is 46.0 Å². The highest BCUT2D eigenvalue weighted by atomic mass is 28.3. The smallest absolute Gasteiger partial charge is 0.130 e. The Bertz CT molecular complexity index is 164. The second-order valence-corrected chi connectivity index (χ2v) is 10.3. The number of ketones is 1. The molecular weight excluding hydrogens is 188 g/mol. The molecule has 0 aliphatic carbocycles. The van der Waals surface area contributed by atoms with E-state index in [-0.39, 0.29) is 0 Å². The molecule has 2 heteroatoms. The molecular formula is C12H26OSi. The maximum atomic E-state index is 11.5. The first-order chi connectivity index (χ1) is 6.52. The van der Waals surface area contributed by atoms with Crippen LogP contribution < -0.4 is 0 Å². The van der Waals surface area contributed by atoms with E-state index in [1.54, 1.807) is 0 Å². The molecule has 0 aliphatic rings. The van der Waals surface area contributed by atoms with Crippen molar-refractivity contribution in [1.29, 1.82) is 0 Å². The predicted octanol–water partition coefficient (Wildman–Crippen LogP) is 4.25. The number of unbranched alkanes of at least 4 members (excludes halogenated alkanes) is 2. The summed E-state index contributed by atoms with van der Waals surface area (Å²) in [6.07, 6.45) is 5.75. The van der Waals surface area contributed by atoms with E-state index in [0.717, 1.165) is 18.9 Å². The van der Waals surface area contributed by atoms with E-state index in [2.05, 4.69) is 26.9 Å². The van der Waals surface area contributed by atoms with Gasteiger partial charge in [0.15, 0.2) is 0 Å². The summed E-state index contributed by atoms with van der Waals surface area (Å²) in [5.41, 5.74) is 0. The molecule has 0 rings (SSSR count). The zero-order chi connectivity index (χ0) is 11.0. The van der Waals surface area contributed by atoms with Gasteiger partial charge in [0.2, 0.25) is 0 Å². The van der Waals surface area contributed by atoms with Crippen LogP contribution in [0.2, 0.25) is 25.2 Å². The third-order valence-electron chi connectivity index (χ3n) is 2.66. The van der Waals surface area contributed by atoms with Crippen LogP contribution in [0.3, 0.4) is 0 Å². The summed E-state index contributed by atoms with van der Waals surface area (Å²) < 4.78 is 0. The first-order valence-electron chi connectivity index (χ1n) is 6.03. The minimum absolute atomic E-state index is 0.501. The third kappa shape index (κ3) is 7.31. The lowest BCUT2D eigenvalue weighted by atomic mass is 10.3. The molecule has 0 aliphatic heterocycles. The molecule has 1 nitrogen and oxygen atoms in total. The molecule has 0 saturated heterocycles. The fraction of sp³-hybridized carbons (Fsp3) is 0.917. The molecule has 0 aromatic heterocycles. The minimum Gasteiger partial charge on any atom is -0.300 e. The zero-order valence-electron chi connectivity index (χ0n) is 10.4. The fourth-order valence-corrected chi connectivity index (χ4v) is 4.47. The summed E-state index contributed by atoms with van der Waals surface area (Å²) in [5.74, 6) is 0.501. The van der Waals surface area contributed by atoms with Crippen LogP contribution in [0.4, 0.5) is 0 Å². The maximum Gasteiger partial charge on any atom is 0.130 e. The standard InChI is InChI=1S/C12H26OSi/c1-5-7-8-10-14(3,4)11-12(13)9-6-2/h5-11H2,1-4H3. The molecule has 0 radical (unpaired) electrons. The SMILES string of the molecule is CCCCC[Si](C)(C)CC(=O)CCC. The van der Waals surface area contributed by atoms with Crippen molar-refractivity contribution in [2.45, 2.75) is 71.1 Å². The Morgan fingerprint density at radius 3 is 2.21 bits per heavy atom. The first-order valence-corrected chi connectivity index (χ1v) is 9.45. The van der Waals surface area contributed by atoms with Crippen molar-refractivity contribution in [2.24, 2.45) is 0 Å². The molecule has 0 aromatic carbocycles. The van der Waals surface area contributed by atoms with Crippen molar-refractivity contribution < 1.29 is 4.79 Å². The van der Waals surface area contributed by atoms with Gasteiger partial charge in [-0.1, -0.05) is 52.2 Å². The van der Waals surface area contributed by atoms with Crippen LogP contribution >= 0.6 is 0 Å². The molecule has 14 heavy (non-hydrogen) atoms. The molecule has 0 unspecified atom stereocenters. The van der Waals surface area contributed by atoms with Crippen LogP contribution in [0.5, 0.6) is 0 Å². The summed E-state index contributed by atoms with van der Waals surface area (Å²) in [7, 11) is -1.19. The van der Waals surface area contributed by atoms with Crippen LogP contribution in [-0.4, -0.2) is 13.9 Å². The highest BCUT2D eigenvalue weighted by Crippen LogP contribution is 2.20. The van der Waals surface area contributed by atoms with Crippen molar-refractivity contribution in [3.8, 4) is 0 Å². The second-order valence-electron chi connectivity index (χ2n) is 5.09. The Balaban J connectivity index is 3.75. The van der Waals surface area contributed by atoms with Crippen molar-refractivity contribution in [1.82, 2.24) is 0 Å². The van der Waals surface area contributed by atoms with Gasteiger partial charge in [0.1, 0.15) is 5.78 Å². The molecule has 84 valence electrons. The van der Waals surface area contributed by atoms with Crippen molar-refractivity contribution in [3.63, 3.8) is 0 Å². The number of rotatable bonds is 8. The molecule has 0 N–H and O–H groups in total. The second kappa shape index (κ2) is 7.21. The minimum atomic E-state index is -1.19. The quantitative estimate of drug-likeness (QED) is 0.436. The molecule has 0 spiro atoms. The number of carbonyl (C=O) groups is 1. The van der Waals surface area contributed by atoms with Gasteiger partial charge in [0, 0.05) is 12.5 Å². The average molecular weight is 214 g/mol. The topological polar surface area (TPSA) is 17.1 Å². The highest BCUT2D eigenvalue weighted by Gasteiger charge is 2.22. The van der Waals surface area contributed by atoms with Gasteiger partial charge in [-0.2, -0.15) is 0 Å². The number of hydrogen-bond donors (Lipinski definition) is 0. The van der Waals surface area contributed by atoms with E-state index in [1.165, 1.54) is 25.3 Å². The summed E-state index contributed by atoms with van der Waals surface area (Å²) in [5, 5.41) is 0. The van der Waals surface area contributed by atoms with Crippen LogP contribution in [-0.2, 0) is 4.79 Å². The van der Waals surface area contributed by atoms with Crippen LogP contribution in [0, 0.1) is 0 Å². The van der Waals surface area contributed by atoms with Gasteiger partial charge in [-0.3, -0.25) is 0 Å². The fourth-order valence-electron chi connectivity index (χ4n) is 1.84. The normalized spacial score (nSPS) is 11.7. The van der Waals surface area contributed by atoms with Crippen LogP contribution in [0.15, 0.2) is 0 Å². The lowest BCUT2D eigenvalue weighted by Gasteiger charge is -2.21. The first kappa shape index (κ1) is 13.9. The van der Waals surface area contributed by atoms with E-state index >= 15 is 0 Å². The zero-order valence-corrected chi connectivity index (χ0v) is 11.4. The summed E-state index contributed by atoms with van der Waals surface area (Å²) >= 11 is 0. The van der Waals surface area contributed by atoms with E-state index in [0.29, 0.717) is 5.78 Å². The summed E-state index contributed by atoms with van der Waals surface area (Å²) in [6, 6.07) is 2.24. The molecule has 0 amide bonds. The highest BCUT2D eigenvalue weighted by molar-refractivity contribution is 6.80. The molecule has 0 bridgehead atoms. The van der Waals surface area contributed by atoms with Gasteiger partial charge < -0.3 is 4.79 Å². The Morgan fingerprint density at radius 2 is 1.71 bits per heavy atom. The third-order valence-corrected chi connectivity index (χ3v) is 5.72. The van der Waals surface area contributed by atoms with Gasteiger partial charge in [0.25, 0.3) is 0 Å². The van der Waals surface area contributed by atoms with E-state index in [9.17, 15) is 4.79 Å². The maximum absolute atomic E-state index is 11.5. The van der Waals surface area contributed by atoms with Crippen molar-refractivity contribution in [2.75, 3.05) is 0 Å². The Kier molecular flexibility index (Phi) is 7.16. The van der Waals surface area contributed by atoms with Gasteiger partial charge in [-0.05, 0) is 6.42 Å². The molecule has 0 heterocycles. The molecule has 0 aromatic rings. The molecule has 0 atom stereocenters. The predicted molar refractivity (Wildman–Crippen MR) is 66.5 cm³/mol. The van der Waals surface area contributed by atoms with Gasteiger partial charge in [-0.25, -0.2) is 0 Å². The van der Waals surface area contributed by atoms with Crippen molar-refractivity contribution in [3.05, 3.63) is 0 Å². The number of carbonyl (C=O) groups excluding carboxylic acids is 1. The molecule has 0 saturated carbocycles. The summed E-state index contributed by atoms with van der Waals surface area (Å²) in [6.45, 7) is 9.03. The van der Waals surface area contributed by atoms with Gasteiger partial charge in [0.05, 0.1) is 8.07 Å². The number of Topliss-reactive ketones (excluding diaryl/α,β-unsaturated/α-hetero) is 1. The Labute approximate surface area is 90.3 Å². The molecule has 0 fully saturated rings.